The van der Waals surface area contributed by atoms with Gasteiger partial charge < -0.3 is 11.1 Å². The standard InChI is InChI=1S/C14H10ClN3O/c15-12-7-10(4-5-13(12)17)14(19)18-11-3-1-2-9(6-11)8-16/h1-7H,17H2,(H,18,19). The molecule has 0 radical (unpaired) electrons. The lowest BCUT2D eigenvalue weighted by atomic mass is 10.1. The molecule has 1 amide bonds. The van der Waals surface area contributed by atoms with Gasteiger partial charge in [-0.3, -0.25) is 4.79 Å². The lowest BCUT2D eigenvalue weighted by Gasteiger charge is -2.06. The summed E-state index contributed by atoms with van der Waals surface area (Å²) in [6.07, 6.45) is 0. The van der Waals surface area contributed by atoms with E-state index in [0.29, 0.717) is 27.5 Å². The predicted molar refractivity (Wildman–Crippen MR) is 75.0 cm³/mol. The Morgan fingerprint density at radius 3 is 2.74 bits per heavy atom. The molecule has 0 aromatic heterocycles. The number of hydrogen-bond donors (Lipinski definition) is 2. The van der Waals surface area contributed by atoms with Crippen molar-refractivity contribution in [2.24, 2.45) is 0 Å². The maximum atomic E-state index is 12.0. The van der Waals surface area contributed by atoms with Gasteiger partial charge in [-0.25, -0.2) is 0 Å². The Labute approximate surface area is 115 Å². The molecule has 2 aromatic rings. The average molecular weight is 272 g/mol. The predicted octanol–water partition coefficient (Wildman–Crippen LogP) is 3.05. The van der Waals surface area contributed by atoms with Crippen molar-refractivity contribution in [1.82, 2.24) is 0 Å². The maximum Gasteiger partial charge on any atom is 0.255 e. The van der Waals surface area contributed by atoms with Gasteiger partial charge in [0.2, 0.25) is 0 Å². The van der Waals surface area contributed by atoms with E-state index in [1.165, 1.54) is 6.07 Å². The number of nitriles is 1. The summed E-state index contributed by atoms with van der Waals surface area (Å²) in [5, 5.41) is 11.8. The van der Waals surface area contributed by atoms with Gasteiger partial charge in [0.15, 0.2) is 0 Å². The van der Waals surface area contributed by atoms with Crippen LogP contribution in [0.5, 0.6) is 0 Å². The highest BCUT2D eigenvalue weighted by Gasteiger charge is 2.08. The molecular formula is C14H10ClN3O. The first-order chi connectivity index (χ1) is 9.10. The highest BCUT2D eigenvalue weighted by molar-refractivity contribution is 6.33. The Morgan fingerprint density at radius 1 is 1.26 bits per heavy atom. The number of carbonyl (C=O) groups excluding carboxylic acids is 1. The Balaban J connectivity index is 2.21. The number of hydrogen-bond acceptors (Lipinski definition) is 3. The number of nitrogens with zero attached hydrogens (tertiary/aromatic N) is 1. The van der Waals surface area contributed by atoms with Gasteiger partial charge in [0.25, 0.3) is 5.91 Å². The molecule has 0 saturated heterocycles. The van der Waals surface area contributed by atoms with Crippen molar-refractivity contribution in [2.75, 3.05) is 11.1 Å². The van der Waals surface area contributed by atoms with Crippen LogP contribution < -0.4 is 11.1 Å². The molecule has 2 rings (SSSR count). The van der Waals surface area contributed by atoms with Gasteiger partial charge in [-0.05, 0) is 36.4 Å². The number of halogens is 1. The lowest BCUT2D eigenvalue weighted by molar-refractivity contribution is 0.102. The van der Waals surface area contributed by atoms with Gasteiger partial charge in [-0.15, -0.1) is 0 Å². The zero-order valence-electron chi connectivity index (χ0n) is 9.85. The Hall–Kier alpha value is -2.51. The summed E-state index contributed by atoms with van der Waals surface area (Å²) in [7, 11) is 0. The van der Waals surface area contributed by atoms with Crippen LogP contribution in [-0.2, 0) is 0 Å². The molecule has 0 aliphatic rings. The number of nitrogens with one attached hydrogen (secondary N) is 1. The molecule has 0 heterocycles. The largest absolute Gasteiger partial charge is 0.398 e. The van der Waals surface area contributed by atoms with Crippen LogP contribution in [0.3, 0.4) is 0 Å². The summed E-state index contributed by atoms with van der Waals surface area (Å²) in [5.74, 6) is -0.308. The molecule has 5 heteroatoms. The second-order valence-corrected chi connectivity index (χ2v) is 4.29. The molecule has 0 unspecified atom stereocenters. The summed E-state index contributed by atoms with van der Waals surface area (Å²) in [6.45, 7) is 0. The van der Waals surface area contributed by atoms with Crippen LogP contribution in [0, 0.1) is 11.3 Å². The summed E-state index contributed by atoms with van der Waals surface area (Å²) in [4.78, 5) is 12.0. The van der Waals surface area contributed by atoms with Crippen LogP contribution in [0.15, 0.2) is 42.5 Å². The minimum atomic E-state index is -0.308. The molecule has 0 saturated carbocycles. The van der Waals surface area contributed by atoms with Crippen molar-refractivity contribution in [3.63, 3.8) is 0 Å². The molecular weight excluding hydrogens is 262 g/mol. The van der Waals surface area contributed by atoms with Crippen LogP contribution in [-0.4, -0.2) is 5.91 Å². The second-order valence-electron chi connectivity index (χ2n) is 3.88. The first-order valence-corrected chi connectivity index (χ1v) is 5.84. The molecule has 4 nitrogen and oxygen atoms in total. The molecule has 0 bridgehead atoms. The van der Waals surface area contributed by atoms with Crippen LogP contribution >= 0.6 is 11.6 Å². The van der Waals surface area contributed by atoms with Gasteiger partial charge in [-0.1, -0.05) is 17.7 Å². The quantitative estimate of drug-likeness (QED) is 0.824. The maximum absolute atomic E-state index is 12.0. The topological polar surface area (TPSA) is 78.9 Å². The number of carbonyl (C=O) groups is 1. The van der Waals surface area contributed by atoms with E-state index in [0.717, 1.165) is 0 Å². The number of benzene rings is 2. The van der Waals surface area contributed by atoms with Crippen molar-refractivity contribution in [1.29, 1.82) is 5.26 Å². The van der Waals surface area contributed by atoms with Crippen molar-refractivity contribution < 1.29 is 4.79 Å². The van der Waals surface area contributed by atoms with E-state index >= 15 is 0 Å². The van der Waals surface area contributed by atoms with Crippen LogP contribution in [0.4, 0.5) is 11.4 Å². The van der Waals surface area contributed by atoms with E-state index in [4.69, 9.17) is 22.6 Å². The third-order valence-corrected chi connectivity index (χ3v) is 2.84. The zero-order valence-corrected chi connectivity index (χ0v) is 10.6. The van der Waals surface area contributed by atoms with E-state index in [1.54, 1.807) is 36.4 Å². The minimum absolute atomic E-state index is 0.308. The minimum Gasteiger partial charge on any atom is -0.398 e. The first-order valence-electron chi connectivity index (χ1n) is 5.46. The molecule has 0 atom stereocenters. The number of anilines is 2. The van der Waals surface area contributed by atoms with Crippen LogP contribution in [0.25, 0.3) is 0 Å². The fourth-order valence-corrected chi connectivity index (χ4v) is 1.72. The highest BCUT2D eigenvalue weighted by atomic mass is 35.5. The third kappa shape index (κ3) is 3.03. The Kier molecular flexibility index (Phi) is 3.69. The first kappa shape index (κ1) is 12.9. The number of nitrogen functional groups attached to an aromatic ring is 1. The summed E-state index contributed by atoms with van der Waals surface area (Å²) in [6, 6.07) is 13.3. The van der Waals surface area contributed by atoms with Crippen molar-refractivity contribution in [3.8, 4) is 6.07 Å². The van der Waals surface area contributed by atoms with Gasteiger partial charge >= 0.3 is 0 Å². The number of nitrogens with two attached hydrogens (primary N) is 1. The lowest BCUT2D eigenvalue weighted by Crippen LogP contribution is -2.12. The van der Waals surface area contributed by atoms with Gasteiger partial charge in [-0.2, -0.15) is 5.26 Å². The van der Waals surface area contributed by atoms with E-state index in [9.17, 15) is 4.79 Å². The summed E-state index contributed by atoms with van der Waals surface area (Å²) < 4.78 is 0. The van der Waals surface area contributed by atoms with Crippen molar-refractivity contribution >= 4 is 28.9 Å². The Bertz CT molecular complexity index is 677. The molecule has 0 aliphatic carbocycles. The van der Waals surface area contributed by atoms with Crippen LogP contribution in [0.2, 0.25) is 5.02 Å². The van der Waals surface area contributed by atoms with E-state index in [-0.39, 0.29) is 5.91 Å². The molecule has 0 spiro atoms. The highest BCUT2D eigenvalue weighted by Crippen LogP contribution is 2.20. The van der Waals surface area contributed by atoms with E-state index in [2.05, 4.69) is 5.32 Å². The number of amides is 1. The summed E-state index contributed by atoms with van der Waals surface area (Å²) >= 11 is 5.86. The van der Waals surface area contributed by atoms with Crippen molar-refractivity contribution in [2.45, 2.75) is 0 Å². The van der Waals surface area contributed by atoms with E-state index < -0.39 is 0 Å². The van der Waals surface area contributed by atoms with Gasteiger partial charge in [0.1, 0.15) is 0 Å². The number of rotatable bonds is 2. The van der Waals surface area contributed by atoms with Crippen LogP contribution in [0.1, 0.15) is 15.9 Å². The second kappa shape index (κ2) is 5.42. The Morgan fingerprint density at radius 2 is 2.05 bits per heavy atom. The smallest absolute Gasteiger partial charge is 0.255 e. The fourth-order valence-electron chi connectivity index (χ4n) is 1.54. The molecule has 3 N–H and O–H groups in total. The van der Waals surface area contributed by atoms with Gasteiger partial charge in [0, 0.05) is 11.3 Å². The SMILES string of the molecule is N#Cc1cccc(NC(=O)c2ccc(N)c(Cl)c2)c1. The molecule has 94 valence electrons. The monoisotopic (exact) mass is 271 g/mol. The molecule has 19 heavy (non-hydrogen) atoms. The third-order valence-electron chi connectivity index (χ3n) is 2.51. The summed E-state index contributed by atoms with van der Waals surface area (Å²) in [5.41, 5.74) is 7.44. The van der Waals surface area contributed by atoms with Gasteiger partial charge in [0.05, 0.1) is 22.3 Å². The zero-order chi connectivity index (χ0) is 13.8. The molecule has 2 aromatic carbocycles. The normalized spacial score (nSPS) is 9.68. The average Bonchev–Trinajstić information content (AvgIpc) is 2.42. The molecule has 0 aliphatic heterocycles. The van der Waals surface area contributed by atoms with Crippen molar-refractivity contribution in [3.05, 3.63) is 58.6 Å². The van der Waals surface area contributed by atoms with E-state index in [1.807, 2.05) is 6.07 Å². The molecule has 0 fully saturated rings. The fraction of sp³-hybridized carbons (Fsp3) is 0.